The van der Waals surface area contributed by atoms with Gasteiger partial charge in [0.15, 0.2) is 0 Å². The fourth-order valence-corrected chi connectivity index (χ4v) is 2.27. The van der Waals surface area contributed by atoms with Crippen LogP contribution < -0.4 is 5.32 Å². The first kappa shape index (κ1) is 12.3. The van der Waals surface area contributed by atoms with Crippen molar-refractivity contribution >= 4 is 22.4 Å². The lowest BCUT2D eigenvalue weighted by Gasteiger charge is -2.05. The Morgan fingerprint density at radius 1 is 1.71 bits per heavy atom. The molecule has 0 aliphatic heterocycles. The molecule has 1 aliphatic carbocycles. The van der Waals surface area contributed by atoms with Gasteiger partial charge in [-0.15, -0.1) is 0 Å². The number of thiophene rings is 1. The molecule has 4 nitrogen and oxygen atoms in total. The van der Waals surface area contributed by atoms with E-state index in [1.54, 1.807) is 6.07 Å². The Balaban J connectivity index is 1.99. The highest BCUT2D eigenvalue weighted by molar-refractivity contribution is 7.13. The van der Waals surface area contributed by atoms with Crippen molar-refractivity contribution in [1.29, 1.82) is 0 Å². The minimum atomic E-state index is -0.337. The van der Waals surface area contributed by atoms with Crippen LogP contribution in [0.2, 0.25) is 0 Å². The lowest BCUT2D eigenvalue weighted by molar-refractivity contribution is -0.380. The molecular weight excluding hydrogens is 236 g/mol. The summed E-state index contributed by atoms with van der Waals surface area (Å²) in [5.41, 5.74) is 2.24. The Bertz CT molecular complexity index is 435. The van der Waals surface area contributed by atoms with Gasteiger partial charge in [0.1, 0.15) is 0 Å². The largest absolute Gasteiger partial charge is 0.324 e. The van der Waals surface area contributed by atoms with Gasteiger partial charge >= 0.3 is 5.00 Å². The van der Waals surface area contributed by atoms with Gasteiger partial charge in [0.25, 0.3) is 0 Å². The molecule has 0 radical (unpaired) electrons. The third-order valence-electron chi connectivity index (χ3n) is 2.81. The minimum Gasteiger partial charge on any atom is -0.310 e. The van der Waals surface area contributed by atoms with Crippen LogP contribution in [0.4, 0.5) is 5.00 Å². The van der Waals surface area contributed by atoms with Crippen molar-refractivity contribution in [2.45, 2.75) is 32.2 Å². The first-order valence-electron chi connectivity index (χ1n) is 5.84. The SMILES string of the molecule is CCC(=Cc1csc([N+](=O)[O-])c1)CNC1CC1. The van der Waals surface area contributed by atoms with Gasteiger partial charge in [-0.05, 0) is 24.8 Å². The number of nitrogens with zero attached hydrogens (tertiary/aromatic N) is 1. The summed E-state index contributed by atoms with van der Waals surface area (Å²) < 4.78 is 0. The Kier molecular flexibility index (Phi) is 3.91. The second-order valence-corrected chi connectivity index (χ2v) is 5.18. The van der Waals surface area contributed by atoms with E-state index in [0.29, 0.717) is 6.04 Å². The van der Waals surface area contributed by atoms with Crippen LogP contribution in [0.3, 0.4) is 0 Å². The Morgan fingerprint density at radius 2 is 2.47 bits per heavy atom. The summed E-state index contributed by atoms with van der Waals surface area (Å²) in [4.78, 5) is 10.2. The summed E-state index contributed by atoms with van der Waals surface area (Å²) in [5.74, 6) is 0. The van der Waals surface area contributed by atoms with Crippen LogP contribution in [0.15, 0.2) is 17.0 Å². The standard InChI is InChI=1S/C12H16N2O2S/c1-2-9(7-13-11-3-4-11)5-10-6-12(14(15)16)17-8-10/h5-6,8,11,13H,2-4,7H2,1H3. The lowest BCUT2D eigenvalue weighted by Crippen LogP contribution is -2.18. The molecule has 0 bridgehead atoms. The van der Waals surface area contributed by atoms with E-state index < -0.39 is 0 Å². The van der Waals surface area contributed by atoms with E-state index in [4.69, 9.17) is 0 Å². The predicted octanol–water partition coefficient (Wildman–Crippen LogP) is 3.20. The van der Waals surface area contributed by atoms with Crippen LogP contribution in [0.1, 0.15) is 31.7 Å². The third kappa shape index (κ3) is 3.64. The van der Waals surface area contributed by atoms with E-state index in [1.807, 2.05) is 5.38 Å². The highest BCUT2D eigenvalue weighted by Gasteiger charge is 2.20. The average molecular weight is 252 g/mol. The normalized spacial score (nSPS) is 16.2. The maximum absolute atomic E-state index is 10.6. The summed E-state index contributed by atoms with van der Waals surface area (Å²) in [6.07, 6.45) is 5.59. The molecule has 0 saturated heterocycles. The van der Waals surface area contributed by atoms with E-state index in [-0.39, 0.29) is 9.92 Å². The number of rotatable bonds is 6. The number of hydrogen-bond donors (Lipinski definition) is 1. The van der Waals surface area contributed by atoms with Gasteiger partial charge in [0.05, 0.1) is 4.92 Å². The molecule has 17 heavy (non-hydrogen) atoms. The molecule has 0 amide bonds. The van der Waals surface area contributed by atoms with E-state index in [0.717, 1.165) is 18.5 Å². The third-order valence-corrected chi connectivity index (χ3v) is 3.70. The van der Waals surface area contributed by atoms with Crippen LogP contribution >= 0.6 is 11.3 Å². The zero-order valence-electron chi connectivity index (χ0n) is 9.81. The summed E-state index contributed by atoms with van der Waals surface area (Å²) in [7, 11) is 0. The van der Waals surface area contributed by atoms with Gasteiger partial charge < -0.3 is 5.32 Å². The van der Waals surface area contributed by atoms with Gasteiger partial charge in [0.2, 0.25) is 0 Å². The lowest BCUT2D eigenvalue weighted by atomic mass is 10.1. The number of hydrogen-bond acceptors (Lipinski definition) is 4. The van der Waals surface area contributed by atoms with Crippen molar-refractivity contribution in [2.75, 3.05) is 6.54 Å². The zero-order valence-corrected chi connectivity index (χ0v) is 10.6. The summed E-state index contributed by atoms with van der Waals surface area (Å²) >= 11 is 1.18. The first-order chi connectivity index (χ1) is 8.19. The molecule has 0 unspecified atom stereocenters. The first-order valence-corrected chi connectivity index (χ1v) is 6.72. The smallest absolute Gasteiger partial charge is 0.310 e. The maximum Gasteiger partial charge on any atom is 0.324 e. The molecule has 0 atom stereocenters. The molecule has 0 aromatic carbocycles. The van der Waals surface area contributed by atoms with E-state index in [1.165, 1.54) is 29.8 Å². The molecule has 1 fully saturated rings. The monoisotopic (exact) mass is 252 g/mol. The predicted molar refractivity (Wildman–Crippen MR) is 70.3 cm³/mol. The van der Waals surface area contributed by atoms with E-state index in [2.05, 4.69) is 18.3 Å². The van der Waals surface area contributed by atoms with E-state index in [9.17, 15) is 10.1 Å². The van der Waals surface area contributed by atoms with Crippen LogP contribution in [-0.2, 0) is 0 Å². The molecule has 1 aromatic rings. The second kappa shape index (κ2) is 5.42. The van der Waals surface area contributed by atoms with Crippen molar-refractivity contribution in [3.8, 4) is 0 Å². The topological polar surface area (TPSA) is 55.2 Å². The quantitative estimate of drug-likeness (QED) is 0.625. The second-order valence-electron chi connectivity index (χ2n) is 4.29. The fraction of sp³-hybridized carbons (Fsp3) is 0.500. The molecule has 1 heterocycles. The van der Waals surface area contributed by atoms with Crippen molar-refractivity contribution < 1.29 is 4.92 Å². The van der Waals surface area contributed by atoms with Crippen molar-refractivity contribution in [3.05, 3.63) is 32.7 Å². The zero-order chi connectivity index (χ0) is 12.3. The Hall–Kier alpha value is -1.20. The number of nitrogens with one attached hydrogen (secondary N) is 1. The molecule has 1 aromatic heterocycles. The van der Waals surface area contributed by atoms with Gasteiger partial charge in [-0.2, -0.15) is 0 Å². The van der Waals surface area contributed by atoms with Crippen LogP contribution in [0.5, 0.6) is 0 Å². The molecule has 1 saturated carbocycles. The Morgan fingerprint density at radius 3 is 3.00 bits per heavy atom. The van der Waals surface area contributed by atoms with Crippen molar-refractivity contribution in [3.63, 3.8) is 0 Å². The van der Waals surface area contributed by atoms with Gasteiger partial charge in [-0.3, -0.25) is 10.1 Å². The molecule has 0 spiro atoms. The minimum absolute atomic E-state index is 0.210. The summed E-state index contributed by atoms with van der Waals surface area (Å²) in [6.45, 7) is 3.01. The van der Waals surface area contributed by atoms with Gasteiger partial charge in [-0.1, -0.05) is 29.9 Å². The molecule has 5 heteroatoms. The molecular formula is C12H16N2O2S. The van der Waals surface area contributed by atoms with Crippen LogP contribution in [0, 0.1) is 10.1 Å². The van der Waals surface area contributed by atoms with Gasteiger partial charge in [-0.25, -0.2) is 0 Å². The highest BCUT2D eigenvalue weighted by atomic mass is 32.1. The maximum atomic E-state index is 10.6. The fourth-order valence-electron chi connectivity index (χ4n) is 1.59. The molecule has 2 rings (SSSR count). The van der Waals surface area contributed by atoms with Gasteiger partial charge in [0, 0.05) is 24.0 Å². The number of nitro groups is 1. The molecule has 92 valence electrons. The van der Waals surface area contributed by atoms with E-state index >= 15 is 0 Å². The van der Waals surface area contributed by atoms with Crippen LogP contribution in [0.25, 0.3) is 6.08 Å². The highest BCUT2D eigenvalue weighted by Crippen LogP contribution is 2.25. The average Bonchev–Trinajstić information content (AvgIpc) is 3.01. The van der Waals surface area contributed by atoms with Crippen molar-refractivity contribution in [1.82, 2.24) is 5.32 Å². The summed E-state index contributed by atoms with van der Waals surface area (Å²) in [5, 5.41) is 16.1. The Labute approximate surface area is 104 Å². The van der Waals surface area contributed by atoms with Crippen LogP contribution in [-0.4, -0.2) is 17.5 Å². The molecule has 1 aliphatic rings. The van der Waals surface area contributed by atoms with Crippen molar-refractivity contribution in [2.24, 2.45) is 0 Å². The summed E-state index contributed by atoms with van der Waals surface area (Å²) in [6, 6.07) is 2.33. The molecule has 1 N–H and O–H groups in total.